The second-order valence-corrected chi connectivity index (χ2v) is 8.30. The predicted molar refractivity (Wildman–Crippen MR) is 128 cm³/mol. The van der Waals surface area contributed by atoms with Crippen molar-refractivity contribution in [2.75, 3.05) is 25.5 Å². The Morgan fingerprint density at radius 3 is 2.64 bits per heavy atom. The summed E-state index contributed by atoms with van der Waals surface area (Å²) in [6.45, 7) is 4.47. The summed E-state index contributed by atoms with van der Waals surface area (Å²) in [5.74, 6) is 0.114. The number of nitrogens with one attached hydrogen (secondary N) is 1. The van der Waals surface area contributed by atoms with Gasteiger partial charge in [-0.25, -0.2) is 4.68 Å². The van der Waals surface area contributed by atoms with Crippen molar-refractivity contribution >= 4 is 17.5 Å². The van der Waals surface area contributed by atoms with Crippen molar-refractivity contribution < 1.29 is 14.3 Å². The molecule has 172 valence electrons. The molecule has 0 unspecified atom stereocenters. The van der Waals surface area contributed by atoms with Crippen LogP contribution in [0.1, 0.15) is 47.1 Å². The highest BCUT2D eigenvalue weighted by molar-refractivity contribution is 6.00. The molecule has 3 aromatic rings. The van der Waals surface area contributed by atoms with E-state index < -0.39 is 0 Å². The highest BCUT2D eigenvalue weighted by Crippen LogP contribution is 2.30. The van der Waals surface area contributed by atoms with E-state index in [1.807, 2.05) is 54.9 Å². The quantitative estimate of drug-likeness (QED) is 0.564. The van der Waals surface area contributed by atoms with Crippen molar-refractivity contribution in [2.45, 2.75) is 39.5 Å². The lowest BCUT2D eigenvalue weighted by atomic mass is 10.1. The average Bonchev–Trinajstić information content (AvgIpc) is 3.42. The monoisotopic (exact) mass is 446 g/mol. The Bertz CT molecular complexity index is 1170. The first-order valence-corrected chi connectivity index (χ1v) is 11.4. The van der Waals surface area contributed by atoms with Crippen molar-refractivity contribution in [2.24, 2.45) is 0 Å². The molecule has 33 heavy (non-hydrogen) atoms. The van der Waals surface area contributed by atoms with Crippen LogP contribution in [0.25, 0.3) is 5.69 Å². The minimum atomic E-state index is -0.267. The molecule has 1 aromatic heterocycles. The summed E-state index contributed by atoms with van der Waals surface area (Å²) in [5, 5.41) is 7.62. The number of hydrogen-bond acceptors (Lipinski definition) is 4. The van der Waals surface area contributed by atoms with Gasteiger partial charge in [0.05, 0.1) is 18.5 Å². The molecule has 0 fully saturated rings. The largest absolute Gasteiger partial charge is 0.495 e. The maximum atomic E-state index is 13.6. The Hall–Kier alpha value is -3.61. The molecule has 0 bridgehead atoms. The van der Waals surface area contributed by atoms with Gasteiger partial charge in [-0.3, -0.25) is 9.59 Å². The molecule has 2 aromatic carbocycles. The Kier molecular flexibility index (Phi) is 6.77. The highest BCUT2D eigenvalue weighted by atomic mass is 16.5. The molecule has 1 aliphatic rings. The summed E-state index contributed by atoms with van der Waals surface area (Å²) < 4.78 is 7.23. The van der Waals surface area contributed by atoms with E-state index in [1.54, 1.807) is 24.1 Å². The van der Waals surface area contributed by atoms with Crippen LogP contribution in [0.2, 0.25) is 0 Å². The molecule has 0 radical (unpaired) electrons. The van der Waals surface area contributed by atoms with Gasteiger partial charge in [-0.2, -0.15) is 5.10 Å². The Morgan fingerprint density at radius 2 is 1.88 bits per heavy atom. The molecular weight excluding hydrogens is 416 g/mol. The third-order valence-electron chi connectivity index (χ3n) is 5.97. The van der Waals surface area contributed by atoms with Crippen molar-refractivity contribution in [3.63, 3.8) is 0 Å². The van der Waals surface area contributed by atoms with Crippen molar-refractivity contribution in [3.05, 3.63) is 71.0 Å². The number of carbonyl (C=O) groups excluding carboxylic acids is 2. The van der Waals surface area contributed by atoms with Crippen LogP contribution >= 0.6 is 0 Å². The molecule has 7 nitrogen and oxygen atoms in total. The third kappa shape index (κ3) is 4.62. The zero-order valence-corrected chi connectivity index (χ0v) is 19.4. The number of benzene rings is 2. The molecule has 0 aliphatic heterocycles. The van der Waals surface area contributed by atoms with Crippen LogP contribution in [0.3, 0.4) is 0 Å². The van der Waals surface area contributed by atoms with E-state index in [0.717, 1.165) is 48.2 Å². The standard InChI is InChI=1S/C26H30N4O3/c1-4-16-29(17-24(31)27-20-12-6-8-15-23(20)33-3)26(32)25-19-11-9-14-22(19)30(28-25)21-13-7-5-10-18(21)2/h5-8,10,12-13,15H,4,9,11,14,16-17H2,1-3H3,(H,27,31). The number of carbonyl (C=O) groups is 2. The van der Waals surface area contributed by atoms with Gasteiger partial charge in [-0.15, -0.1) is 0 Å². The fourth-order valence-electron chi connectivity index (χ4n) is 4.39. The van der Waals surface area contributed by atoms with Crippen LogP contribution in [-0.2, 0) is 17.6 Å². The maximum Gasteiger partial charge on any atom is 0.275 e. The number of methoxy groups -OCH3 is 1. The molecule has 1 heterocycles. The first-order valence-electron chi connectivity index (χ1n) is 11.4. The first kappa shape index (κ1) is 22.6. The minimum absolute atomic E-state index is 0.0449. The second-order valence-electron chi connectivity index (χ2n) is 8.30. The number of amides is 2. The molecule has 1 aliphatic carbocycles. The Labute approximate surface area is 194 Å². The van der Waals surface area contributed by atoms with Crippen molar-refractivity contribution in [1.29, 1.82) is 0 Å². The molecule has 1 N–H and O–H groups in total. The average molecular weight is 447 g/mol. The van der Waals surface area contributed by atoms with Crippen LogP contribution in [-0.4, -0.2) is 46.7 Å². The maximum absolute atomic E-state index is 13.6. The van der Waals surface area contributed by atoms with Crippen LogP contribution in [0.15, 0.2) is 48.5 Å². The highest BCUT2D eigenvalue weighted by Gasteiger charge is 2.30. The number of hydrogen-bond donors (Lipinski definition) is 1. The van der Waals surface area contributed by atoms with Gasteiger partial charge in [0.15, 0.2) is 5.69 Å². The number of aryl methyl sites for hydroxylation is 1. The summed E-state index contributed by atoms with van der Waals surface area (Å²) in [4.78, 5) is 28.0. The van der Waals surface area contributed by atoms with Gasteiger partial charge in [-0.05, 0) is 56.4 Å². The summed E-state index contributed by atoms with van der Waals surface area (Å²) in [7, 11) is 1.56. The van der Waals surface area contributed by atoms with Gasteiger partial charge in [0, 0.05) is 17.8 Å². The van der Waals surface area contributed by atoms with Gasteiger partial charge in [0.1, 0.15) is 12.3 Å². The SMILES string of the molecule is CCCN(CC(=O)Nc1ccccc1OC)C(=O)c1nn(-c2ccccc2C)c2c1CCC2. The lowest BCUT2D eigenvalue weighted by molar-refractivity contribution is -0.116. The van der Waals surface area contributed by atoms with Crippen LogP contribution in [0.4, 0.5) is 5.69 Å². The van der Waals surface area contributed by atoms with E-state index in [1.165, 1.54) is 0 Å². The predicted octanol–water partition coefficient (Wildman–Crippen LogP) is 4.17. The number of aromatic nitrogens is 2. The van der Waals surface area contributed by atoms with Crippen LogP contribution < -0.4 is 10.1 Å². The molecule has 2 amide bonds. The zero-order valence-electron chi connectivity index (χ0n) is 19.4. The van der Waals surface area contributed by atoms with E-state index in [2.05, 4.69) is 5.32 Å². The van der Waals surface area contributed by atoms with Gasteiger partial charge < -0.3 is 15.0 Å². The number of ether oxygens (including phenoxy) is 1. The Morgan fingerprint density at radius 1 is 1.12 bits per heavy atom. The van der Waals surface area contributed by atoms with E-state index in [-0.39, 0.29) is 18.4 Å². The molecular formula is C26H30N4O3. The fraction of sp³-hybridized carbons (Fsp3) is 0.346. The zero-order chi connectivity index (χ0) is 23.4. The summed E-state index contributed by atoms with van der Waals surface area (Å²) >= 11 is 0. The van der Waals surface area contributed by atoms with E-state index in [0.29, 0.717) is 23.7 Å². The number of rotatable bonds is 8. The lowest BCUT2D eigenvalue weighted by Crippen LogP contribution is -2.39. The van der Waals surface area contributed by atoms with E-state index in [9.17, 15) is 9.59 Å². The van der Waals surface area contributed by atoms with Crippen LogP contribution in [0.5, 0.6) is 5.75 Å². The minimum Gasteiger partial charge on any atom is -0.495 e. The molecule has 0 atom stereocenters. The summed E-state index contributed by atoms with van der Waals surface area (Å²) in [6, 6.07) is 15.3. The van der Waals surface area contributed by atoms with Gasteiger partial charge in [0.25, 0.3) is 5.91 Å². The normalized spacial score (nSPS) is 12.3. The molecule has 0 spiro atoms. The van der Waals surface area contributed by atoms with E-state index >= 15 is 0 Å². The topological polar surface area (TPSA) is 76.5 Å². The smallest absolute Gasteiger partial charge is 0.275 e. The molecule has 0 saturated carbocycles. The van der Waals surface area contributed by atoms with Crippen molar-refractivity contribution in [3.8, 4) is 11.4 Å². The summed E-state index contributed by atoms with van der Waals surface area (Å²) in [6.07, 6.45) is 3.47. The van der Waals surface area contributed by atoms with E-state index in [4.69, 9.17) is 9.84 Å². The summed E-state index contributed by atoms with van der Waals surface area (Å²) in [5.41, 5.74) is 5.25. The van der Waals surface area contributed by atoms with Crippen molar-refractivity contribution in [1.82, 2.24) is 14.7 Å². The van der Waals surface area contributed by atoms with Crippen LogP contribution in [0, 0.1) is 6.92 Å². The Balaban J connectivity index is 1.59. The first-order chi connectivity index (χ1) is 16.0. The lowest BCUT2D eigenvalue weighted by Gasteiger charge is -2.21. The van der Waals surface area contributed by atoms with Gasteiger partial charge in [0.2, 0.25) is 5.91 Å². The number of anilines is 1. The second kappa shape index (κ2) is 9.90. The molecule has 4 rings (SSSR count). The van der Waals surface area contributed by atoms with Gasteiger partial charge >= 0.3 is 0 Å². The number of para-hydroxylation sites is 3. The third-order valence-corrected chi connectivity index (χ3v) is 5.97. The number of nitrogens with zero attached hydrogens (tertiary/aromatic N) is 3. The number of fused-ring (bicyclic) bond motifs is 1. The molecule has 0 saturated heterocycles. The van der Waals surface area contributed by atoms with Gasteiger partial charge in [-0.1, -0.05) is 37.3 Å². The fourth-order valence-corrected chi connectivity index (χ4v) is 4.39. The molecule has 7 heteroatoms.